The molecule has 0 bridgehead atoms. The van der Waals surface area contributed by atoms with Gasteiger partial charge in [0.25, 0.3) is 5.56 Å². The van der Waals surface area contributed by atoms with Crippen molar-refractivity contribution in [3.63, 3.8) is 0 Å². The van der Waals surface area contributed by atoms with Crippen molar-refractivity contribution in [1.82, 2.24) is 29.2 Å². The zero-order chi connectivity index (χ0) is 31.7. The van der Waals surface area contributed by atoms with Crippen LogP contribution < -0.4 is 16.6 Å². The highest BCUT2D eigenvalue weighted by Gasteiger charge is 2.40. The van der Waals surface area contributed by atoms with Crippen molar-refractivity contribution in [1.29, 1.82) is 0 Å². The molecule has 7 aromatic rings. The predicted molar refractivity (Wildman–Crippen MR) is 174 cm³/mol. The quantitative estimate of drug-likeness (QED) is 0.208. The maximum atomic E-state index is 13.4. The van der Waals surface area contributed by atoms with E-state index in [1.165, 1.54) is 12.4 Å². The molecule has 0 saturated carbocycles. The number of aliphatic carboxylic acids is 1. The van der Waals surface area contributed by atoms with Gasteiger partial charge in [-0.05, 0) is 34.9 Å². The average Bonchev–Trinajstić information content (AvgIpc) is 3.59. The number of aromatic amines is 1. The Balaban J connectivity index is 1.35. The lowest BCUT2D eigenvalue weighted by atomic mass is 9.76. The topological polar surface area (TPSA) is 134 Å². The monoisotopic (exact) mass is 608 g/mol. The molecule has 0 aliphatic carbocycles. The number of fused-ring (bicyclic) bond motifs is 2. The molecule has 3 aromatic carbocycles. The van der Waals surface area contributed by atoms with Gasteiger partial charge in [-0.3, -0.25) is 19.9 Å². The molecule has 46 heavy (non-hydrogen) atoms. The molecule has 7 rings (SSSR count). The second-order valence-electron chi connectivity index (χ2n) is 10.9. The van der Waals surface area contributed by atoms with E-state index >= 15 is 0 Å². The summed E-state index contributed by atoms with van der Waals surface area (Å²) in [6, 6.07) is 33.2. The van der Waals surface area contributed by atoms with Gasteiger partial charge in [0.1, 0.15) is 6.04 Å². The Bertz CT molecular complexity index is 2200. The molecule has 0 aliphatic rings. The Labute approximate surface area is 262 Å². The van der Waals surface area contributed by atoms with Gasteiger partial charge in [0.15, 0.2) is 5.65 Å². The van der Waals surface area contributed by atoms with Gasteiger partial charge in [-0.2, -0.15) is 0 Å². The number of hydrogen-bond donors (Lipinski definition) is 3. The standard InChI is InChI=1S/C36H28N6O4/c43-33-28-18-19-37-23-30(28)39-35(46)42(33)31-17-16-27(41-21-20-38-32(31)41)22-29(34(44)45)40-36(24-10-4-1-5-11-24,25-12-6-2-7-13-25)26-14-8-3-9-15-26/h1-21,23,29,40H,22H2,(H,39,46)(H,44,45). The van der Waals surface area contributed by atoms with Crippen LogP contribution in [0.3, 0.4) is 0 Å². The summed E-state index contributed by atoms with van der Waals surface area (Å²) < 4.78 is 2.75. The number of carboxylic acids is 1. The second kappa shape index (κ2) is 11.8. The van der Waals surface area contributed by atoms with Crippen molar-refractivity contribution < 1.29 is 9.90 Å². The van der Waals surface area contributed by atoms with Gasteiger partial charge >= 0.3 is 11.7 Å². The Kier molecular flexibility index (Phi) is 7.31. The van der Waals surface area contributed by atoms with Crippen molar-refractivity contribution >= 4 is 22.5 Å². The van der Waals surface area contributed by atoms with Crippen molar-refractivity contribution in [2.75, 3.05) is 0 Å². The third kappa shape index (κ3) is 4.86. The molecular weight excluding hydrogens is 580 g/mol. The first-order valence-electron chi connectivity index (χ1n) is 14.7. The first-order valence-corrected chi connectivity index (χ1v) is 14.7. The number of aromatic nitrogens is 5. The highest BCUT2D eigenvalue weighted by atomic mass is 16.4. The fourth-order valence-corrected chi connectivity index (χ4v) is 6.16. The molecule has 0 amide bonds. The van der Waals surface area contributed by atoms with Crippen LogP contribution in [0.15, 0.2) is 144 Å². The number of rotatable bonds is 9. The first kappa shape index (κ1) is 28.6. The molecular formula is C36H28N6O4. The van der Waals surface area contributed by atoms with E-state index < -0.39 is 28.8 Å². The molecule has 10 heteroatoms. The molecule has 0 radical (unpaired) electrons. The molecule has 4 heterocycles. The summed E-state index contributed by atoms with van der Waals surface area (Å²) >= 11 is 0. The third-order valence-electron chi connectivity index (χ3n) is 8.28. The number of nitrogens with zero attached hydrogens (tertiary/aromatic N) is 4. The highest BCUT2D eigenvalue weighted by molar-refractivity contribution is 5.77. The minimum absolute atomic E-state index is 0.0609. The summed E-state index contributed by atoms with van der Waals surface area (Å²) in [5.41, 5.74) is 2.04. The van der Waals surface area contributed by atoms with Gasteiger partial charge in [-0.15, -0.1) is 0 Å². The van der Waals surface area contributed by atoms with Crippen molar-refractivity contribution in [2.45, 2.75) is 18.0 Å². The van der Waals surface area contributed by atoms with E-state index in [-0.39, 0.29) is 12.1 Å². The van der Waals surface area contributed by atoms with Crippen LogP contribution in [0.2, 0.25) is 0 Å². The van der Waals surface area contributed by atoms with E-state index in [0.717, 1.165) is 21.3 Å². The number of hydrogen-bond acceptors (Lipinski definition) is 6. The van der Waals surface area contributed by atoms with Gasteiger partial charge in [0, 0.05) is 30.7 Å². The van der Waals surface area contributed by atoms with Crippen molar-refractivity contribution in [3.05, 3.63) is 177 Å². The van der Waals surface area contributed by atoms with E-state index in [1.54, 1.807) is 35.0 Å². The molecule has 3 N–H and O–H groups in total. The second-order valence-corrected chi connectivity index (χ2v) is 10.9. The number of carboxylic acid groups (broad SMARTS) is 1. The molecule has 0 spiro atoms. The maximum absolute atomic E-state index is 13.4. The number of carbonyl (C=O) groups is 1. The van der Waals surface area contributed by atoms with E-state index in [2.05, 4.69) is 20.3 Å². The molecule has 0 aliphatic heterocycles. The summed E-state index contributed by atoms with van der Waals surface area (Å²) in [5, 5.41) is 14.5. The van der Waals surface area contributed by atoms with Crippen LogP contribution >= 0.6 is 0 Å². The lowest BCUT2D eigenvalue weighted by Gasteiger charge is -2.39. The Morgan fingerprint density at radius 3 is 2.02 bits per heavy atom. The average molecular weight is 609 g/mol. The van der Waals surface area contributed by atoms with Gasteiger partial charge in [-0.1, -0.05) is 91.0 Å². The lowest BCUT2D eigenvalue weighted by Crippen LogP contribution is -2.53. The summed E-state index contributed by atoms with van der Waals surface area (Å²) in [4.78, 5) is 50.7. The zero-order valence-corrected chi connectivity index (χ0v) is 24.4. The van der Waals surface area contributed by atoms with Crippen molar-refractivity contribution in [3.8, 4) is 5.69 Å². The molecule has 1 atom stereocenters. The highest BCUT2D eigenvalue weighted by Crippen LogP contribution is 2.37. The Morgan fingerprint density at radius 2 is 1.43 bits per heavy atom. The van der Waals surface area contributed by atoms with Crippen LogP contribution in [0.1, 0.15) is 22.4 Å². The van der Waals surface area contributed by atoms with Crippen LogP contribution in [-0.2, 0) is 16.8 Å². The van der Waals surface area contributed by atoms with Gasteiger partial charge in [-0.25, -0.2) is 14.3 Å². The zero-order valence-electron chi connectivity index (χ0n) is 24.4. The van der Waals surface area contributed by atoms with E-state index in [9.17, 15) is 19.5 Å². The molecule has 1 unspecified atom stereocenters. The summed E-state index contributed by atoms with van der Waals surface area (Å²) in [5.74, 6) is -1.04. The van der Waals surface area contributed by atoms with Crippen molar-refractivity contribution in [2.24, 2.45) is 0 Å². The minimum atomic E-state index is -1.07. The largest absolute Gasteiger partial charge is 0.480 e. The normalized spacial score (nSPS) is 12.3. The smallest absolute Gasteiger partial charge is 0.333 e. The predicted octanol–water partition coefficient (Wildman–Crippen LogP) is 4.30. The lowest BCUT2D eigenvalue weighted by molar-refractivity contribution is -0.139. The number of nitrogens with one attached hydrogen (secondary N) is 2. The molecule has 10 nitrogen and oxygen atoms in total. The maximum Gasteiger partial charge on any atom is 0.333 e. The van der Waals surface area contributed by atoms with Crippen LogP contribution in [0.5, 0.6) is 0 Å². The Morgan fingerprint density at radius 1 is 0.826 bits per heavy atom. The fourth-order valence-electron chi connectivity index (χ4n) is 6.16. The van der Waals surface area contributed by atoms with Gasteiger partial charge in [0.2, 0.25) is 0 Å². The third-order valence-corrected chi connectivity index (χ3v) is 8.28. The minimum Gasteiger partial charge on any atom is -0.480 e. The number of H-pyrrole nitrogens is 1. The summed E-state index contributed by atoms with van der Waals surface area (Å²) in [7, 11) is 0. The van der Waals surface area contributed by atoms with E-state index in [0.29, 0.717) is 22.2 Å². The molecule has 0 fully saturated rings. The van der Waals surface area contributed by atoms with Crippen LogP contribution in [0.25, 0.3) is 22.2 Å². The fraction of sp³-hybridized carbons (Fsp3) is 0.0833. The van der Waals surface area contributed by atoms with Gasteiger partial charge in [0.05, 0.1) is 28.3 Å². The number of imidazole rings is 1. The summed E-state index contributed by atoms with van der Waals surface area (Å²) in [6.45, 7) is 0. The van der Waals surface area contributed by atoms with E-state index in [4.69, 9.17) is 0 Å². The van der Waals surface area contributed by atoms with E-state index in [1.807, 2.05) is 91.0 Å². The molecule has 4 aromatic heterocycles. The number of pyridine rings is 2. The molecule has 226 valence electrons. The van der Waals surface area contributed by atoms with Crippen LogP contribution in [0.4, 0.5) is 0 Å². The van der Waals surface area contributed by atoms with Crippen LogP contribution in [-0.4, -0.2) is 41.0 Å². The molecule has 0 saturated heterocycles. The Hall–Kier alpha value is -6.13. The van der Waals surface area contributed by atoms with Crippen LogP contribution in [0, 0.1) is 0 Å². The number of benzene rings is 3. The first-order chi connectivity index (χ1) is 22.5. The summed E-state index contributed by atoms with van der Waals surface area (Å²) in [6.07, 6.45) is 6.22. The van der Waals surface area contributed by atoms with Gasteiger partial charge < -0.3 is 14.5 Å². The SMILES string of the molecule is O=C(O)C(Cc1ccc(-n2c(=O)[nH]c3cnccc3c2=O)c2nccn12)NC(c1ccccc1)(c1ccccc1)c1ccccc1.